The van der Waals surface area contributed by atoms with E-state index in [9.17, 15) is 9.18 Å². The third-order valence-corrected chi connectivity index (χ3v) is 6.01. The van der Waals surface area contributed by atoms with E-state index in [1.807, 2.05) is 6.92 Å². The summed E-state index contributed by atoms with van der Waals surface area (Å²) in [4.78, 5) is 21.0. The second kappa shape index (κ2) is 6.69. The molecule has 0 bridgehead atoms. The van der Waals surface area contributed by atoms with Crippen molar-refractivity contribution in [3.05, 3.63) is 52.6 Å². The lowest BCUT2D eigenvalue weighted by molar-refractivity contribution is 0.102. The molecule has 0 fully saturated rings. The van der Waals surface area contributed by atoms with Crippen LogP contribution in [0.5, 0.6) is 5.75 Å². The quantitative estimate of drug-likeness (QED) is 0.797. The fourth-order valence-electron chi connectivity index (χ4n) is 3.24. The SMILES string of the molecule is C[C@]12N=C(N)SC[C@H]1COc1cc(F)c(NC(=O)c3ccc(Cl)cn3)cc12. The number of hydrogen-bond donors (Lipinski definition) is 2. The maximum Gasteiger partial charge on any atom is 0.274 e. The molecule has 0 unspecified atom stereocenters. The van der Waals surface area contributed by atoms with Gasteiger partial charge in [-0.15, -0.1) is 0 Å². The highest BCUT2D eigenvalue weighted by molar-refractivity contribution is 8.13. The van der Waals surface area contributed by atoms with Gasteiger partial charge in [-0.2, -0.15) is 0 Å². The summed E-state index contributed by atoms with van der Waals surface area (Å²) in [7, 11) is 0. The molecule has 2 aliphatic heterocycles. The number of aliphatic imine (C=N–C) groups is 1. The number of nitrogens with one attached hydrogen (secondary N) is 1. The number of ether oxygens (including phenoxy) is 1. The Morgan fingerprint density at radius 2 is 2.30 bits per heavy atom. The molecular formula is C18H16ClFN4O2S. The van der Waals surface area contributed by atoms with Gasteiger partial charge in [0.15, 0.2) is 5.17 Å². The van der Waals surface area contributed by atoms with Gasteiger partial charge in [0.1, 0.15) is 17.3 Å². The molecule has 2 aromatic rings. The Bertz CT molecular complexity index is 953. The third-order valence-electron chi connectivity index (χ3n) is 4.83. The molecule has 6 nitrogen and oxygen atoms in total. The zero-order valence-electron chi connectivity index (χ0n) is 14.3. The maximum absolute atomic E-state index is 14.5. The lowest BCUT2D eigenvalue weighted by atomic mass is 9.79. The van der Waals surface area contributed by atoms with Crippen LogP contribution in [0.4, 0.5) is 10.1 Å². The van der Waals surface area contributed by atoms with Crippen molar-refractivity contribution in [3.63, 3.8) is 0 Å². The van der Waals surface area contributed by atoms with Gasteiger partial charge in [-0.25, -0.2) is 9.37 Å². The van der Waals surface area contributed by atoms with Crippen LogP contribution in [0.15, 0.2) is 35.5 Å². The molecule has 27 heavy (non-hydrogen) atoms. The van der Waals surface area contributed by atoms with Crippen LogP contribution in [0.25, 0.3) is 0 Å². The standard InChI is InChI=1S/C18H16ClFN4O2S/c1-18-9(8-27-17(21)24-18)7-26-15-5-12(20)14(4-11(15)18)23-16(25)13-3-2-10(19)6-22-13/h2-6,9H,7-8H2,1H3,(H2,21,24)(H,23,25)/t9-,18+/m1/s1. The van der Waals surface area contributed by atoms with Gasteiger partial charge in [-0.05, 0) is 25.1 Å². The van der Waals surface area contributed by atoms with Crippen LogP contribution in [-0.2, 0) is 5.54 Å². The van der Waals surface area contributed by atoms with Crippen molar-refractivity contribution >= 4 is 40.1 Å². The number of rotatable bonds is 2. The second-order valence-electron chi connectivity index (χ2n) is 6.56. The number of nitrogens with two attached hydrogens (primary N) is 1. The van der Waals surface area contributed by atoms with Gasteiger partial charge < -0.3 is 15.8 Å². The van der Waals surface area contributed by atoms with Crippen molar-refractivity contribution in [2.45, 2.75) is 12.5 Å². The Balaban J connectivity index is 1.71. The molecule has 4 rings (SSSR count). The lowest BCUT2D eigenvalue weighted by Crippen LogP contribution is -2.44. The maximum atomic E-state index is 14.5. The number of halogens is 2. The molecule has 1 amide bonds. The van der Waals surface area contributed by atoms with Gasteiger partial charge in [0.2, 0.25) is 0 Å². The summed E-state index contributed by atoms with van der Waals surface area (Å²) in [6, 6.07) is 5.85. The molecule has 0 saturated carbocycles. The molecule has 0 saturated heterocycles. The van der Waals surface area contributed by atoms with Crippen molar-refractivity contribution in [1.29, 1.82) is 0 Å². The smallest absolute Gasteiger partial charge is 0.274 e. The third kappa shape index (κ3) is 3.23. The summed E-state index contributed by atoms with van der Waals surface area (Å²) in [5.41, 5.74) is 6.16. The summed E-state index contributed by atoms with van der Waals surface area (Å²) in [6.45, 7) is 2.39. The van der Waals surface area contributed by atoms with Crippen LogP contribution < -0.4 is 15.8 Å². The molecule has 0 radical (unpaired) electrons. The number of hydrogen-bond acceptors (Lipinski definition) is 6. The Kier molecular flexibility index (Phi) is 4.47. The van der Waals surface area contributed by atoms with Crippen LogP contribution in [-0.4, -0.2) is 28.4 Å². The summed E-state index contributed by atoms with van der Waals surface area (Å²) in [5.74, 6) is 0.150. The van der Waals surface area contributed by atoms with E-state index in [2.05, 4.69) is 15.3 Å². The topological polar surface area (TPSA) is 89.6 Å². The van der Waals surface area contributed by atoms with E-state index in [4.69, 9.17) is 22.1 Å². The number of thioether (sulfide) groups is 1. The van der Waals surface area contributed by atoms with Gasteiger partial charge in [0, 0.05) is 29.5 Å². The Morgan fingerprint density at radius 3 is 3.04 bits per heavy atom. The van der Waals surface area contributed by atoms with E-state index in [1.165, 1.54) is 30.1 Å². The van der Waals surface area contributed by atoms with Gasteiger partial charge in [-0.3, -0.25) is 9.79 Å². The largest absolute Gasteiger partial charge is 0.493 e. The number of nitrogens with zero attached hydrogens (tertiary/aromatic N) is 2. The number of amidine groups is 1. The predicted molar refractivity (Wildman–Crippen MR) is 104 cm³/mol. The summed E-state index contributed by atoms with van der Waals surface area (Å²) < 4.78 is 20.3. The monoisotopic (exact) mass is 406 g/mol. The average molecular weight is 407 g/mol. The van der Waals surface area contributed by atoms with Crippen LogP contribution >= 0.6 is 23.4 Å². The van der Waals surface area contributed by atoms with Crippen molar-refractivity contribution in [3.8, 4) is 5.75 Å². The molecular weight excluding hydrogens is 391 g/mol. The van der Waals surface area contributed by atoms with E-state index in [0.29, 0.717) is 28.1 Å². The number of fused-ring (bicyclic) bond motifs is 3. The predicted octanol–water partition coefficient (Wildman–Crippen LogP) is 3.41. The van der Waals surface area contributed by atoms with Crippen LogP contribution in [0, 0.1) is 11.7 Å². The number of carbonyl (C=O) groups is 1. The molecule has 2 aliphatic rings. The fourth-order valence-corrected chi connectivity index (χ4v) is 4.40. The Labute approximate surface area is 164 Å². The first kappa shape index (κ1) is 18.1. The number of aromatic nitrogens is 1. The molecule has 9 heteroatoms. The number of carbonyl (C=O) groups excluding carboxylic acids is 1. The molecule has 0 aliphatic carbocycles. The lowest BCUT2D eigenvalue weighted by Gasteiger charge is -2.42. The minimum atomic E-state index is -0.630. The number of amides is 1. The molecule has 0 spiro atoms. The second-order valence-corrected chi connectivity index (χ2v) is 8.04. The molecule has 1 aromatic heterocycles. The first-order valence-corrected chi connectivity index (χ1v) is 9.61. The van der Waals surface area contributed by atoms with Crippen LogP contribution in [0.3, 0.4) is 0 Å². The van der Waals surface area contributed by atoms with Crippen molar-refractivity contribution < 1.29 is 13.9 Å². The van der Waals surface area contributed by atoms with E-state index < -0.39 is 17.3 Å². The van der Waals surface area contributed by atoms with Gasteiger partial charge in [0.25, 0.3) is 5.91 Å². The highest BCUT2D eigenvalue weighted by atomic mass is 35.5. The van der Waals surface area contributed by atoms with Crippen molar-refractivity contribution in [1.82, 2.24) is 4.98 Å². The van der Waals surface area contributed by atoms with E-state index in [-0.39, 0.29) is 17.3 Å². The molecule has 2 atom stereocenters. The fraction of sp³-hybridized carbons (Fsp3) is 0.278. The molecule has 1 aromatic carbocycles. The van der Waals surface area contributed by atoms with Crippen LogP contribution in [0.1, 0.15) is 23.0 Å². The zero-order valence-corrected chi connectivity index (χ0v) is 15.9. The van der Waals surface area contributed by atoms with E-state index in [0.717, 1.165) is 5.75 Å². The van der Waals surface area contributed by atoms with Crippen LogP contribution in [0.2, 0.25) is 5.02 Å². The number of anilines is 1. The number of pyridine rings is 1. The zero-order chi connectivity index (χ0) is 19.2. The molecule has 3 heterocycles. The Morgan fingerprint density at radius 1 is 1.48 bits per heavy atom. The minimum Gasteiger partial charge on any atom is -0.493 e. The normalized spacial score (nSPS) is 23.5. The summed E-state index contributed by atoms with van der Waals surface area (Å²) >= 11 is 7.26. The van der Waals surface area contributed by atoms with Crippen molar-refractivity contribution in [2.24, 2.45) is 16.6 Å². The molecule has 3 N–H and O–H groups in total. The number of benzene rings is 1. The van der Waals surface area contributed by atoms with Gasteiger partial charge in [-0.1, -0.05) is 23.4 Å². The highest BCUT2D eigenvalue weighted by Gasteiger charge is 2.45. The van der Waals surface area contributed by atoms with Crippen molar-refractivity contribution in [2.75, 3.05) is 17.7 Å². The average Bonchev–Trinajstić information content (AvgIpc) is 2.62. The highest BCUT2D eigenvalue weighted by Crippen LogP contribution is 2.48. The summed E-state index contributed by atoms with van der Waals surface area (Å²) in [6.07, 6.45) is 1.36. The summed E-state index contributed by atoms with van der Waals surface area (Å²) in [5, 5.41) is 3.46. The van der Waals surface area contributed by atoms with Gasteiger partial charge in [0.05, 0.1) is 22.9 Å². The Hall–Kier alpha value is -2.32. The molecule has 140 valence electrons. The minimum absolute atomic E-state index is 0.0352. The van der Waals surface area contributed by atoms with E-state index >= 15 is 0 Å². The first-order valence-electron chi connectivity index (χ1n) is 8.24. The van der Waals surface area contributed by atoms with E-state index in [1.54, 1.807) is 12.1 Å². The first-order chi connectivity index (χ1) is 12.9. The van der Waals surface area contributed by atoms with Gasteiger partial charge >= 0.3 is 0 Å².